The van der Waals surface area contributed by atoms with Crippen molar-refractivity contribution in [3.05, 3.63) is 0 Å². The molecule has 0 aliphatic heterocycles. The van der Waals surface area contributed by atoms with Crippen LogP contribution in [-0.4, -0.2) is 49.8 Å². The quantitative estimate of drug-likeness (QED) is 0.300. The molecule has 0 aromatic heterocycles. The van der Waals surface area contributed by atoms with Crippen LogP contribution < -0.4 is 0 Å². The highest BCUT2D eigenvalue weighted by Crippen LogP contribution is 2.19. The first-order chi connectivity index (χ1) is 10.2. The maximum absolute atomic E-state index is 11.6. The van der Waals surface area contributed by atoms with E-state index in [2.05, 4.69) is 4.18 Å². The van der Waals surface area contributed by atoms with E-state index >= 15 is 0 Å². The van der Waals surface area contributed by atoms with Crippen molar-refractivity contribution in [2.75, 3.05) is 21.3 Å². The minimum atomic E-state index is -3.79. The average molecular weight is 357 g/mol. The minimum Gasteiger partial charge on any atom is -0.377 e. The molecule has 0 saturated heterocycles. The molecule has 0 rings (SSSR count). The second kappa shape index (κ2) is 10.3. The van der Waals surface area contributed by atoms with E-state index in [0.29, 0.717) is 6.42 Å². The molecule has 0 heterocycles. The molecule has 0 bridgehead atoms. The summed E-state index contributed by atoms with van der Waals surface area (Å²) in [5.74, 6) is -0.799. The van der Waals surface area contributed by atoms with E-state index in [0.717, 1.165) is 38.7 Å². The van der Waals surface area contributed by atoms with Crippen LogP contribution >= 0.6 is 0 Å². The molecule has 1 unspecified atom stereocenters. The Bertz CT molecular complexity index is 412. The molecule has 1 atom stereocenters. The van der Waals surface area contributed by atoms with Gasteiger partial charge in [-0.05, 0) is 19.8 Å². The Morgan fingerprint density at radius 2 is 1.50 bits per heavy atom. The molecule has 7 nitrogen and oxygen atoms in total. The molecule has 0 saturated carbocycles. The summed E-state index contributed by atoms with van der Waals surface area (Å²) in [6.45, 7) is 2.64. The van der Waals surface area contributed by atoms with E-state index in [-0.39, 0.29) is 0 Å². The standard InChI is InChI=1S/C13H28O7SSi/c1-12(21(15,16)20-13(2)14)10-8-6-7-9-11-22(17-3,18-4)19-5/h12H,6-11H2,1-5H3. The lowest BCUT2D eigenvalue weighted by Gasteiger charge is -2.24. The van der Waals surface area contributed by atoms with E-state index in [9.17, 15) is 13.2 Å². The van der Waals surface area contributed by atoms with E-state index in [1.165, 1.54) is 0 Å². The zero-order valence-corrected chi connectivity index (χ0v) is 15.9. The summed E-state index contributed by atoms with van der Waals surface area (Å²) in [4.78, 5) is 10.7. The molecule has 0 radical (unpaired) electrons. The van der Waals surface area contributed by atoms with Crippen molar-refractivity contribution in [1.29, 1.82) is 0 Å². The predicted molar refractivity (Wildman–Crippen MR) is 84.8 cm³/mol. The fraction of sp³-hybridized carbons (Fsp3) is 0.923. The second-order valence-corrected chi connectivity index (χ2v) is 10.2. The predicted octanol–water partition coefficient (Wildman–Crippen LogP) is 2.10. The SMILES string of the molecule is CO[Si](CCCCCCC(C)S(=O)(=O)OC(C)=O)(OC)OC. The van der Waals surface area contributed by atoms with Crippen LogP contribution in [0.15, 0.2) is 0 Å². The minimum absolute atomic E-state index is 0.469. The molecule has 22 heavy (non-hydrogen) atoms. The van der Waals surface area contributed by atoms with Crippen LogP contribution in [0.1, 0.15) is 46.0 Å². The number of unbranched alkanes of at least 4 members (excludes halogenated alkanes) is 3. The van der Waals surface area contributed by atoms with Crippen molar-refractivity contribution in [3.63, 3.8) is 0 Å². The first-order valence-corrected chi connectivity index (χ1v) is 10.7. The van der Waals surface area contributed by atoms with Gasteiger partial charge in [-0.1, -0.05) is 19.3 Å². The summed E-state index contributed by atoms with van der Waals surface area (Å²) >= 11 is 0. The summed E-state index contributed by atoms with van der Waals surface area (Å²) in [7, 11) is -1.54. The normalized spacial score (nSPS) is 13.9. The zero-order chi connectivity index (χ0) is 17.2. The van der Waals surface area contributed by atoms with Gasteiger partial charge in [0.05, 0.1) is 5.25 Å². The molecule has 9 heteroatoms. The summed E-state index contributed by atoms with van der Waals surface area (Å²) in [5, 5.41) is -0.679. The topological polar surface area (TPSA) is 88.1 Å². The molecule has 0 N–H and O–H groups in total. The van der Waals surface area contributed by atoms with Gasteiger partial charge in [0.25, 0.3) is 0 Å². The summed E-state index contributed by atoms with van der Waals surface area (Å²) in [6.07, 6.45) is 3.94. The number of carbonyl (C=O) groups is 1. The third-order valence-electron chi connectivity index (χ3n) is 3.50. The molecule has 0 aliphatic rings. The van der Waals surface area contributed by atoms with Crippen molar-refractivity contribution in [3.8, 4) is 0 Å². The molecular formula is C13H28O7SSi. The molecule has 132 valence electrons. The first kappa shape index (κ1) is 21.5. The third-order valence-corrected chi connectivity index (χ3v) is 8.02. The van der Waals surface area contributed by atoms with Crippen LogP contribution in [0.25, 0.3) is 0 Å². The first-order valence-electron chi connectivity index (χ1n) is 7.32. The van der Waals surface area contributed by atoms with Gasteiger partial charge in [-0.3, -0.25) is 4.79 Å². The Hall–Kier alpha value is -0.483. The number of rotatable bonds is 12. The van der Waals surface area contributed by atoms with Gasteiger partial charge in [-0.15, -0.1) is 0 Å². The van der Waals surface area contributed by atoms with Crippen LogP contribution in [0, 0.1) is 0 Å². The van der Waals surface area contributed by atoms with Gasteiger partial charge in [0.1, 0.15) is 0 Å². The average Bonchev–Trinajstić information content (AvgIpc) is 2.45. The number of hydrogen-bond donors (Lipinski definition) is 0. The maximum Gasteiger partial charge on any atom is 0.500 e. The van der Waals surface area contributed by atoms with Gasteiger partial charge >= 0.3 is 24.9 Å². The van der Waals surface area contributed by atoms with Gasteiger partial charge < -0.3 is 17.5 Å². The van der Waals surface area contributed by atoms with Gasteiger partial charge in [0, 0.05) is 34.3 Å². The molecular weight excluding hydrogens is 328 g/mol. The Morgan fingerprint density at radius 1 is 1.00 bits per heavy atom. The lowest BCUT2D eigenvalue weighted by molar-refractivity contribution is -0.131. The van der Waals surface area contributed by atoms with Crippen LogP contribution in [0.5, 0.6) is 0 Å². The van der Waals surface area contributed by atoms with Gasteiger partial charge in [0.15, 0.2) is 0 Å². The fourth-order valence-electron chi connectivity index (χ4n) is 2.07. The highest BCUT2D eigenvalue weighted by molar-refractivity contribution is 7.87. The van der Waals surface area contributed by atoms with Gasteiger partial charge in [0.2, 0.25) is 0 Å². The number of hydrogen-bond acceptors (Lipinski definition) is 7. The largest absolute Gasteiger partial charge is 0.500 e. The van der Waals surface area contributed by atoms with Crippen molar-refractivity contribution in [2.45, 2.75) is 57.2 Å². The third kappa shape index (κ3) is 7.68. The second-order valence-electron chi connectivity index (χ2n) is 5.13. The molecule has 0 aromatic rings. The zero-order valence-electron chi connectivity index (χ0n) is 14.1. The van der Waals surface area contributed by atoms with Gasteiger partial charge in [-0.25, -0.2) is 0 Å². The van der Waals surface area contributed by atoms with Crippen LogP contribution in [0.3, 0.4) is 0 Å². The molecule has 0 spiro atoms. The Kier molecular flexibility index (Phi) is 10.1. The summed E-state index contributed by atoms with van der Waals surface area (Å²) in [5.41, 5.74) is 0. The maximum atomic E-state index is 11.6. The highest BCUT2D eigenvalue weighted by atomic mass is 32.2. The lowest BCUT2D eigenvalue weighted by Crippen LogP contribution is -2.42. The van der Waals surface area contributed by atoms with E-state index in [4.69, 9.17) is 13.3 Å². The Balaban J connectivity index is 3.97. The van der Waals surface area contributed by atoms with Crippen LogP contribution in [0.4, 0.5) is 0 Å². The highest BCUT2D eigenvalue weighted by Gasteiger charge is 2.36. The summed E-state index contributed by atoms with van der Waals surface area (Å²) < 4.78 is 43.6. The number of carbonyl (C=O) groups excluding carboxylic acids is 1. The monoisotopic (exact) mass is 356 g/mol. The fourth-order valence-corrected chi connectivity index (χ4v) is 4.82. The van der Waals surface area contributed by atoms with Crippen molar-refractivity contribution in [1.82, 2.24) is 0 Å². The molecule has 0 fully saturated rings. The molecule has 0 aliphatic carbocycles. The van der Waals surface area contributed by atoms with Crippen molar-refractivity contribution < 1.29 is 30.7 Å². The van der Waals surface area contributed by atoms with Crippen LogP contribution in [-0.2, 0) is 32.4 Å². The van der Waals surface area contributed by atoms with E-state index in [1.54, 1.807) is 28.3 Å². The molecule has 0 amide bonds. The van der Waals surface area contributed by atoms with E-state index < -0.39 is 30.1 Å². The Morgan fingerprint density at radius 3 is 1.95 bits per heavy atom. The van der Waals surface area contributed by atoms with E-state index in [1.807, 2.05) is 0 Å². The lowest BCUT2D eigenvalue weighted by atomic mass is 10.1. The molecule has 0 aromatic carbocycles. The van der Waals surface area contributed by atoms with Crippen LogP contribution in [0.2, 0.25) is 6.04 Å². The van der Waals surface area contributed by atoms with Crippen molar-refractivity contribution >= 4 is 24.9 Å². The van der Waals surface area contributed by atoms with Gasteiger partial charge in [-0.2, -0.15) is 8.42 Å². The Labute approximate surface area is 134 Å². The summed E-state index contributed by atoms with van der Waals surface area (Å²) in [6, 6.07) is 0.734. The van der Waals surface area contributed by atoms with Crippen molar-refractivity contribution in [2.24, 2.45) is 0 Å². The smallest absolute Gasteiger partial charge is 0.377 e.